The molecule has 0 bridgehead atoms. The first kappa shape index (κ1) is 16.5. The molecular formula is C18H18F3NO2. The molecule has 0 fully saturated rings. The molecule has 1 atom stereocenters. The summed E-state index contributed by atoms with van der Waals surface area (Å²) in [6, 6.07) is 12.0. The van der Waals surface area contributed by atoms with Gasteiger partial charge in [0.25, 0.3) is 0 Å². The van der Waals surface area contributed by atoms with E-state index in [0.29, 0.717) is 6.04 Å². The van der Waals surface area contributed by atoms with Crippen LogP contribution < -0.4 is 14.8 Å². The smallest absolute Gasteiger partial charge is 0.487 e. The number of benzene rings is 2. The number of aryl methyl sites for hydroxylation is 1. The minimum absolute atomic E-state index is 0.237. The van der Waals surface area contributed by atoms with Crippen molar-refractivity contribution in [3.8, 4) is 11.5 Å². The van der Waals surface area contributed by atoms with Gasteiger partial charge >= 0.3 is 6.36 Å². The predicted molar refractivity (Wildman–Crippen MR) is 85.3 cm³/mol. The maximum Gasteiger partial charge on any atom is 0.573 e. The van der Waals surface area contributed by atoms with Gasteiger partial charge in [0.15, 0.2) is 0 Å². The van der Waals surface area contributed by atoms with Gasteiger partial charge in [-0.1, -0.05) is 24.3 Å². The van der Waals surface area contributed by atoms with Gasteiger partial charge in [-0.05, 0) is 49.1 Å². The molecule has 24 heavy (non-hydrogen) atoms. The minimum atomic E-state index is -4.68. The van der Waals surface area contributed by atoms with E-state index >= 15 is 0 Å². The molecule has 128 valence electrons. The van der Waals surface area contributed by atoms with E-state index in [2.05, 4.69) is 23.0 Å². The Morgan fingerprint density at radius 3 is 2.58 bits per heavy atom. The van der Waals surface area contributed by atoms with Crippen LogP contribution in [-0.2, 0) is 13.0 Å². The van der Waals surface area contributed by atoms with Crippen molar-refractivity contribution in [3.63, 3.8) is 0 Å². The molecule has 0 radical (unpaired) electrons. The lowest BCUT2D eigenvalue weighted by Gasteiger charge is -2.26. The Kier molecular flexibility index (Phi) is 4.55. The fourth-order valence-corrected chi connectivity index (χ4v) is 2.71. The zero-order valence-electron chi connectivity index (χ0n) is 13.2. The van der Waals surface area contributed by atoms with Crippen molar-refractivity contribution in [2.24, 2.45) is 0 Å². The Bertz CT molecular complexity index is 698. The van der Waals surface area contributed by atoms with Crippen LogP contribution in [0.4, 0.5) is 18.9 Å². The molecule has 2 aromatic carbocycles. The van der Waals surface area contributed by atoms with Crippen molar-refractivity contribution in [3.05, 3.63) is 53.6 Å². The molecular weight excluding hydrogens is 319 g/mol. The summed E-state index contributed by atoms with van der Waals surface area (Å²) in [5, 5.41) is 3.43. The van der Waals surface area contributed by atoms with Gasteiger partial charge in [-0.25, -0.2) is 0 Å². The molecule has 1 heterocycles. The molecule has 0 aromatic heterocycles. The Labute approximate surface area is 138 Å². The van der Waals surface area contributed by atoms with E-state index < -0.39 is 6.36 Å². The van der Waals surface area contributed by atoms with E-state index in [1.165, 1.54) is 17.7 Å². The number of fused-ring (bicyclic) bond motifs is 1. The van der Waals surface area contributed by atoms with Gasteiger partial charge in [-0.3, -0.25) is 0 Å². The normalized spacial score (nSPS) is 16.9. The van der Waals surface area contributed by atoms with Crippen LogP contribution in [0.5, 0.6) is 11.5 Å². The fraction of sp³-hybridized carbons (Fsp3) is 0.333. The number of para-hydroxylation sites is 1. The second-order valence-electron chi connectivity index (χ2n) is 5.85. The Morgan fingerprint density at radius 2 is 1.88 bits per heavy atom. The number of ether oxygens (including phenoxy) is 2. The molecule has 3 rings (SSSR count). The summed E-state index contributed by atoms with van der Waals surface area (Å²) in [7, 11) is 0. The van der Waals surface area contributed by atoms with Crippen LogP contribution in [-0.4, -0.2) is 12.4 Å². The first-order chi connectivity index (χ1) is 11.4. The van der Waals surface area contributed by atoms with E-state index in [0.717, 1.165) is 29.8 Å². The van der Waals surface area contributed by atoms with E-state index in [1.54, 1.807) is 12.1 Å². The topological polar surface area (TPSA) is 30.5 Å². The third-order valence-corrected chi connectivity index (χ3v) is 3.90. The highest BCUT2D eigenvalue weighted by molar-refractivity contribution is 5.64. The summed E-state index contributed by atoms with van der Waals surface area (Å²) in [4.78, 5) is 0. The lowest BCUT2D eigenvalue weighted by molar-refractivity contribution is -0.274. The Morgan fingerprint density at radius 1 is 1.12 bits per heavy atom. The summed E-state index contributed by atoms with van der Waals surface area (Å²) in [5.41, 5.74) is 3.00. The highest BCUT2D eigenvalue weighted by Crippen LogP contribution is 2.34. The van der Waals surface area contributed by atoms with E-state index in [4.69, 9.17) is 4.74 Å². The highest BCUT2D eigenvalue weighted by atomic mass is 19.4. The van der Waals surface area contributed by atoms with Crippen molar-refractivity contribution in [2.75, 3.05) is 5.32 Å². The molecule has 1 aliphatic rings. The summed E-state index contributed by atoms with van der Waals surface area (Å²) >= 11 is 0. The molecule has 0 amide bonds. The molecule has 0 aliphatic carbocycles. The quantitative estimate of drug-likeness (QED) is 0.860. The number of hydrogen-bond acceptors (Lipinski definition) is 3. The first-order valence-corrected chi connectivity index (χ1v) is 7.76. The highest BCUT2D eigenvalue weighted by Gasteiger charge is 2.30. The van der Waals surface area contributed by atoms with Crippen LogP contribution in [0.2, 0.25) is 0 Å². The maximum atomic E-state index is 12.1. The van der Waals surface area contributed by atoms with Crippen molar-refractivity contribution in [2.45, 2.75) is 38.8 Å². The summed E-state index contributed by atoms with van der Waals surface area (Å²) in [6.07, 6.45) is -2.59. The van der Waals surface area contributed by atoms with Crippen molar-refractivity contribution >= 4 is 5.69 Å². The average molecular weight is 337 g/mol. The van der Waals surface area contributed by atoms with Crippen LogP contribution in [0.15, 0.2) is 42.5 Å². The molecule has 0 saturated heterocycles. The van der Waals surface area contributed by atoms with Gasteiger partial charge in [0.2, 0.25) is 0 Å². The monoisotopic (exact) mass is 337 g/mol. The van der Waals surface area contributed by atoms with Gasteiger partial charge < -0.3 is 14.8 Å². The molecule has 1 unspecified atom stereocenters. The van der Waals surface area contributed by atoms with E-state index in [9.17, 15) is 13.2 Å². The second kappa shape index (κ2) is 6.63. The third-order valence-electron chi connectivity index (χ3n) is 3.90. The lowest BCUT2D eigenvalue weighted by Crippen LogP contribution is -2.22. The van der Waals surface area contributed by atoms with Gasteiger partial charge in [-0.15, -0.1) is 13.2 Å². The Balaban J connectivity index is 1.66. The Hall–Kier alpha value is -2.37. The zero-order valence-corrected chi connectivity index (χ0v) is 13.2. The number of hydrogen-bond donors (Lipinski definition) is 1. The predicted octanol–water partition coefficient (Wildman–Crippen LogP) is 4.91. The number of alkyl halides is 3. The van der Waals surface area contributed by atoms with Crippen molar-refractivity contribution < 1.29 is 22.6 Å². The third kappa shape index (κ3) is 4.13. The molecule has 2 aromatic rings. The van der Waals surface area contributed by atoms with Crippen molar-refractivity contribution in [1.82, 2.24) is 0 Å². The summed E-state index contributed by atoms with van der Waals surface area (Å²) in [6.45, 7) is 2.40. The van der Waals surface area contributed by atoms with Crippen LogP contribution in [0, 0.1) is 0 Å². The van der Waals surface area contributed by atoms with E-state index in [-0.39, 0.29) is 12.4 Å². The van der Waals surface area contributed by atoms with Gasteiger partial charge in [0, 0.05) is 6.04 Å². The van der Waals surface area contributed by atoms with Crippen molar-refractivity contribution in [1.29, 1.82) is 0 Å². The standard InChI is InChI=1S/C18H18F3NO2/c1-12-5-8-14-3-2-4-16(17(14)22-12)23-11-13-6-9-15(10-7-13)24-18(19,20)21/h2-4,6-7,9-10,12,22H,5,8,11H2,1H3. The van der Waals surface area contributed by atoms with Gasteiger partial charge in [-0.2, -0.15) is 0 Å². The molecule has 1 N–H and O–H groups in total. The number of rotatable bonds is 4. The fourth-order valence-electron chi connectivity index (χ4n) is 2.71. The SMILES string of the molecule is CC1CCc2cccc(OCc3ccc(OC(F)(F)F)cc3)c2N1. The molecule has 0 saturated carbocycles. The molecule has 3 nitrogen and oxygen atoms in total. The number of nitrogens with one attached hydrogen (secondary N) is 1. The second-order valence-corrected chi connectivity index (χ2v) is 5.85. The summed E-state index contributed by atoms with van der Waals surface area (Å²) in [5.74, 6) is 0.522. The van der Waals surface area contributed by atoms with Gasteiger partial charge in [0.1, 0.15) is 18.1 Å². The maximum absolute atomic E-state index is 12.1. The average Bonchev–Trinajstić information content (AvgIpc) is 2.53. The van der Waals surface area contributed by atoms with Crippen LogP contribution in [0.25, 0.3) is 0 Å². The molecule has 1 aliphatic heterocycles. The summed E-state index contributed by atoms with van der Waals surface area (Å²) < 4.78 is 46.2. The van der Waals surface area contributed by atoms with Crippen LogP contribution in [0.1, 0.15) is 24.5 Å². The number of anilines is 1. The largest absolute Gasteiger partial charge is 0.573 e. The molecule has 6 heteroatoms. The lowest BCUT2D eigenvalue weighted by atomic mass is 9.98. The van der Waals surface area contributed by atoms with Crippen LogP contribution >= 0.6 is 0 Å². The molecule has 0 spiro atoms. The first-order valence-electron chi connectivity index (χ1n) is 7.76. The van der Waals surface area contributed by atoms with Gasteiger partial charge in [0.05, 0.1) is 5.69 Å². The van der Waals surface area contributed by atoms with E-state index in [1.807, 2.05) is 12.1 Å². The number of halogens is 3. The van der Waals surface area contributed by atoms with Crippen LogP contribution in [0.3, 0.4) is 0 Å². The minimum Gasteiger partial charge on any atom is -0.487 e. The zero-order chi connectivity index (χ0) is 17.2.